The Morgan fingerprint density at radius 1 is 1.07 bits per heavy atom. The molecule has 13 heteroatoms. The van der Waals surface area contributed by atoms with Crippen LogP contribution in [0.4, 0.5) is 16.3 Å². The summed E-state index contributed by atoms with van der Waals surface area (Å²) >= 11 is 19.1. The average Bonchev–Trinajstić information content (AvgIpc) is 3.23. The maximum atomic E-state index is 13.3. The van der Waals surface area contributed by atoms with Crippen molar-refractivity contribution in [2.45, 2.75) is 26.7 Å². The van der Waals surface area contributed by atoms with Gasteiger partial charge in [-0.1, -0.05) is 60.8 Å². The molecular formula is C28H24Cl3N7O3. The van der Waals surface area contributed by atoms with Crippen LogP contribution in [0, 0.1) is 5.92 Å². The molecule has 3 heterocycles. The second kappa shape index (κ2) is 11.8. The molecule has 0 aliphatic heterocycles. The molecule has 0 bridgehead atoms. The van der Waals surface area contributed by atoms with Crippen LogP contribution < -0.4 is 16.2 Å². The number of urea groups is 1. The molecule has 0 aliphatic carbocycles. The number of hydrogen-bond donors (Lipinski definition) is 4. The molecular weight excluding hydrogens is 589 g/mol. The molecule has 2 aromatic carbocycles. The molecule has 10 nitrogen and oxygen atoms in total. The molecule has 0 radical (unpaired) electrons. The first-order valence-electron chi connectivity index (χ1n) is 12.6. The number of nitrogens with one attached hydrogen (secondary N) is 3. The van der Waals surface area contributed by atoms with Crippen LogP contribution in [0.3, 0.4) is 0 Å². The number of anilines is 2. The quantitative estimate of drug-likeness (QED) is 0.153. The van der Waals surface area contributed by atoms with Gasteiger partial charge in [-0.05, 0) is 54.3 Å². The number of nitrogens with zero attached hydrogens (tertiary/aromatic N) is 4. The van der Waals surface area contributed by atoms with Gasteiger partial charge in [-0.25, -0.2) is 19.4 Å². The third-order valence-corrected chi connectivity index (χ3v) is 6.84. The predicted molar refractivity (Wildman–Crippen MR) is 161 cm³/mol. The molecule has 4 N–H and O–H groups in total. The third kappa shape index (κ3) is 6.30. The van der Waals surface area contributed by atoms with Gasteiger partial charge in [-0.3, -0.25) is 10.1 Å². The maximum Gasteiger partial charge on any atom is 0.324 e. The maximum absolute atomic E-state index is 13.3. The Labute approximate surface area is 249 Å². The van der Waals surface area contributed by atoms with E-state index in [2.05, 4.69) is 25.7 Å². The Kier molecular flexibility index (Phi) is 8.16. The summed E-state index contributed by atoms with van der Waals surface area (Å²) in [5.41, 5.74) is 1.69. The number of carbonyl (C=O) groups excluding carboxylic acids is 1. The smallest absolute Gasteiger partial charge is 0.324 e. The van der Waals surface area contributed by atoms with Crippen molar-refractivity contribution in [2.75, 3.05) is 10.6 Å². The van der Waals surface area contributed by atoms with Gasteiger partial charge < -0.3 is 15.4 Å². The van der Waals surface area contributed by atoms with Crippen molar-refractivity contribution in [3.63, 3.8) is 0 Å². The van der Waals surface area contributed by atoms with Crippen LogP contribution >= 0.6 is 34.8 Å². The Morgan fingerprint density at radius 3 is 2.49 bits per heavy atom. The average molecular weight is 613 g/mol. The number of rotatable bonds is 7. The van der Waals surface area contributed by atoms with E-state index >= 15 is 0 Å². The summed E-state index contributed by atoms with van der Waals surface area (Å²) in [5.74, 6) is 0.751. The summed E-state index contributed by atoms with van der Waals surface area (Å²) in [5, 5.41) is 21.6. The summed E-state index contributed by atoms with van der Waals surface area (Å²) < 4.78 is 1.47. The zero-order chi connectivity index (χ0) is 29.3. The van der Waals surface area contributed by atoms with Gasteiger partial charge in [-0.2, -0.15) is 5.10 Å². The molecule has 5 aromatic rings. The van der Waals surface area contributed by atoms with Crippen molar-refractivity contribution in [1.29, 1.82) is 0 Å². The first-order valence-corrected chi connectivity index (χ1v) is 13.7. The van der Waals surface area contributed by atoms with E-state index in [4.69, 9.17) is 39.8 Å². The van der Waals surface area contributed by atoms with Crippen LogP contribution in [0.5, 0.6) is 5.75 Å². The molecule has 5 rings (SSSR count). The Morgan fingerprint density at radius 2 is 1.83 bits per heavy atom. The van der Waals surface area contributed by atoms with Gasteiger partial charge in [0.1, 0.15) is 28.5 Å². The van der Waals surface area contributed by atoms with Crippen molar-refractivity contribution in [1.82, 2.24) is 24.7 Å². The molecule has 3 aromatic heterocycles. The molecule has 210 valence electrons. The normalized spacial score (nSPS) is 11.3. The van der Waals surface area contributed by atoms with E-state index in [1.165, 1.54) is 10.7 Å². The lowest BCUT2D eigenvalue weighted by Gasteiger charge is -2.11. The van der Waals surface area contributed by atoms with Crippen LogP contribution in [0.1, 0.15) is 30.9 Å². The predicted octanol–water partition coefficient (Wildman–Crippen LogP) is 6.60. The fourth-order valence-corrected chi connectivity index (χ4v) is 5.31. The number of hydrogen-bond acceptors (Lipinski definition) is 6. The van der Waals surface area contributed by atoms with Crippen molar-refractivity contribution in [2.24, 2.45) is 5.92 Å². The minimum absolute atomic E-state index is 0.161. The number of benzene rings is 2. The highest BCUT2D eigenvalue weighted by atomic mass is 35.5. The number of phenols is 1. The van der Waals surface area contributed by atoms with Crippen molar-refractivity contribution in [3.8, 4) is 11.4 Å². The molecule has 0 fully saturated rings. The van der Waals surface area contributed by atoms with Gasteiger partial charge in [0, 0.05) is 17.6 Å². The van der Waals surface area contributed by atoms with E-state index in [1.807, 2.05) is 13.8 Å². The van der Waals surface area contributed by atoms with Crippen LogP contribution in [0.2, 0.25) is 15.1 Å². The number of pyridine rings is 1. The van der Waals surface area contributed by atoms with Gasteiger partial charge in [0.05, 0.1) is 21.4 Å². The second-order valence-corrected chi connectivity index (χ2v) is 11.0. The Hall–Kier alpha value is -4.12. The number of fused-ring (bicyclic) bond motifs is 1. The SMILES string of the molecule is CC(C)Cc1nn(-c2c(Cl)cc(Cl)cc2Cl)c2nc(Cc3ccc(NC(=O)Nc4ccccn4)c(O)c3)[nH]c(=O)c12. The lowest BCUT2D eigenvalue weighted by Crippen LogP contribution is -2.20. The van der Waals surface area contributed by atoms with Gasteiger partial charge in [-0.15, -0.1) is 0 Å². The van der Waals surface area contributed by atoms with E-state index in [9.17, 15) is 14.7 Å². The van der Waals surface area contributed by atoms with Crippen molar-refractivity contribution < 1.29 is 9.90 Å². The van der Waals surface area contributed by atoms with Crippen LogP contribution in [-0.2, 0) is 12.8 Å². The summed E-state index contributed by atoms with van der Waals surface area (Å²) in [4.78, 5) is 37.2. The Bertz CT molecular complexity index is 1800. The lowest BCUT2D eigenvalue weighted by molar-refractivity contribution is 0.262. The molecule has 41 heavy (non-hydrogen) atoms. The number of H-pyrrole nitrogens is 1. The second-order valence-electron chi connectivity index (χ2n) is 9.71. The minimum atomic E-state index is -0.562. The van der Waals surface area contributed by atoms with Crippen LogP contribution in [-0.4, -0.2) is 35.9 Å². The summed E-state index contributed by atoms with van der Waals surface area (Å²) in [6.07, 6.45) is 2.26. The number of aromatic amines is 1. The van der Waals surface area contributed by atoms with E-state index in [1.54, 1.807) is 48.7 Å². The molecule has 0 aliphatic rings. The van der Waals surface area contributed by atoms with Crippen molar-refractivity contribution >= 4 is 63.4 Å². The van der Waals surface area contributed by atoms with Gasteiger partial charge >= 0.3 is 6.03 Å². The molecule has 0 atom stereocenters. The number of amides is 2. The van der Waals surface area contributed by atoms with Gasteiger partial charge in [0.15, 0.2) is 5.65 Å². The first-order chi connectivity index (χ1) is 19.6. The fourth-order valence-electron chi connectivity index (χ4n) is 4.34. The first kappa shape index (κ1) is 28.4. The van der Waals surface area contributed by atoms with E-state index < -0.39 is 6.03 Å². The molecule has 0 unspecified atom stereocenters. The van der Waals surface area contributed by atoms with Crippen LogP contribution in [0.15, 0.2) is 59.5 Å². The molecule has 0 saturated carbocycles. The highest BCUT2D eigenvalue weighted by molar-refractivity contribution is 6.40. The number of carbonyl (C=O) groups is 1. The van der Waals surface area contributed by atoms with E-state index in [0.717, 1.165) is 0 Å². The number of aromatic nitrogens is 5. The largest absolute Gasteiger partial charge is 0.506 e. The fraction of sp³-hybridized carbons (Fsp3) is 0.179. The standard InChI is InChI=1S/C28H24Cl3N7O3/c1-14(2)9-20-24-26(38(37-20)25-17(30)12-16(29)13-18(25)31)34-23(35-27(24)40)11-15-6-7-19(21(39)10-15)33-28(41)36-22-5-3-4-8-32-22/h3-8,10,12-14,39H,9,11H2,1-2H3,(H,34,35,40)(H2,32,33,36,41). The topological polar surface area (TPSA) is 138 Å². The monoisotopic (exact) mass is 611 g/mol. The number of halogens is 3. The number of phenolic OH excluding ortho intramolecular Hbond substituents is 1. The summed E-state index contributed by atoms with van der Waals surface area (Å²) in [6, 6.07) is 12.4. The number of aromatic hydroxyl groups is 1. The summed E-state index contributed by atoms with van der Waals surface area (Å²) in [6.45, 7) is 4.05. The molecule has 0 spiro atoms. The molecule has 0 saturated heterocycles. The zero-order valence-corrected chi connectivity index (χ0v) is 24.1. The Balaban J connectivity index is 1.47. The summed E-state index contributed by atoms with van der Waals surface area (Å²) in [7, 11) is 0. The van der Waals surface area contributed by atoms with Gasteiger partial charge in [0.25, 0.3) is 5.56 Å². The minimum Gasteiger partial charge on any atom is -0.506 e. The van der Waals surface area contributed by atoms with Crippen molar-refractivity contribution in [3.05, 3.63) is 97.2 Å². The molecule has 2 amide bonds. The van der Waals surface area contributed by atoms with E-state index in [0.29, 0.717) is 51.1 Å². The highest BCUT2D eigenvalue weighted by Gasteiger charge is 2.22. The van der Waals surface area contributed by atoms with Crippen LogP contribution in [0.25, 0.3) is 16.7 Å². The third-order valence-electron chi connectivity index (χ3n) is 6.04. The van der Waals surface area contributed by atoms with E-state index in [-0.39, 0.29) is 39.4 Å². The van der Waals surface area contributed by atoms with Gasteiger partial charge in [0.2, 0.25) is 0 Å². The zero-order valence-electron chi connectivity index (χ0n) is 21.9. The lowest BCUT2D eigenvalue weighted by atomic mass is 10.1. The highest BCUT2D eigenvalue weighted by Crippen LogP contribution is 2.34.